The zero-order valence-electron chi connectivity index (χ0n) is 14.6. The molecule has 1 amide bonds. The van der Waals surface area contributed by atoms with Gasteiger partial charge in [0.2, 0.25) is 0 Å². The number of amides is 1. The highest BCUT2D eigenvalue weighted by atomic mass is 16.2. The molecule has 1 aromatic heterocycles. The third-order valence-corrected chi connectivity index (χ3v) is 4.51. The fourth-order valence-corrected chi connectivity index (χ4v) is 3.00. The van der Waals surface area contributed by atoms with Gasteiger partial charge in [0.15, 0.2) is 0 Å². The molecule has 5 heteroatoms. The molecule has 0 saturated carbocycles. The molecule has 1 aliphatic rings. The fraction of sp³-hybridized carbons (Fsp3) is 0.350. The maximum atomic E-state index is 12.0. The molecule has 5 nitrogen and oxygen atoms in total. The zero-order valence-corrected chi connectivity index (χ0v) is 14.6. The van der Waals surface area contributed by atoms with Crippen molar-refractivity contribution in [1.29, 1.82) is 0 Å². The van der Waals surface area contributed by atoms with Gasteiger partial charge in [-0.25, -0.2) is 5.43 Å². The molecule has 0 bridgehead atoms. The number of hydrogen-bond acceptors (Lipinski definition) is 4. The molecule has 1 N–H and O–H groups in total. The van der Waals surface area contributed by atoms with E-state index >= 15 is 0 Å². The largest absolute Gasteiger partial charge is 0.372 e. The molecule has 1 fully saturated rings. The van der Waals surface area contributed by atoms with E-state index in [1.807, 2.05) is 6.92 Å². The third kappa shape index (κ3) is 4.66. The van der Waals surface area contributed by atoms with Crippen LogP contribution in [0, 0.1) is 0 Å². The third-order valence-electron chi connectivity index (χ3n) is 4.51. The molecule has 25 heavy (non-hydrogen) atoms. The first-order valence-corrected chi connectivity index (χ1v) is 8.84. The Kier molecular flexibility index (Phi) is 5.77. The summed E-state index contributed by atoms with van der Waals surface area (Å²) in [6.07, 6.45) is 8.35. The fourth-order valence-electron chi connectivity index (χ4n) is 3.00. The number of carbonyl (C=O) groups excluding carboxylic acids is 1. The first-order valence-electron chi connectivity index (χ1n) is 8.84. The van der Waals surface area contributed by atoms with Gasteiger partial charge in [-0.2, -0.15) is 5.10 Å². The van der Waals surface area contributed by atoms with E-state index < -0.39 is 0 Å². The average Bonchev–Trinajstić information content (AvgIpc) is 2.96. The number of nitrogens with zero attached hydrogens (tertiary/aromatic N) is 3. The summed E-state index contributed by atoms with van der Waals surface area (Å²) in [4.78, 5) is 18.4. The minimum absolute atomic E-state index is 0.256. The summed E-state index contributed by atoms with van der Waals surface area (Å²) in [6.45, 7) is 4.16. The van der Waals surface area contributed by atoms with E-state index in [9.17, 15) is 4.79 Å². The highest BCUT2D eigenvalue weighted by molar-refractivity contribution is 6.01. The summed E-state index contributed by atoms with van der Waals surface area (Å²) in [5, 5.41) is 4.20. The zero-order chi connectivity index (χ0) is 17.5. The van der Waals surface area contributed by atoms with Crippen molar-refractivity contribution >= 4 is 17.3 Å². The van der Waals surface area contributed by atoms with E-state index in [0.717, 1.165) is 24.4 Å². The second-order valence-corrected chi connectivity index (χ2v) is 6.33. The van der Waals surface area contributed by atoms with Gasteiger partial charge in [-0.3, -0.25) is 9.78 Å². The molecular weight excluding hydrogens is 312 g/mol. The Morgan fingerprint density at radius 1 is 1.04 bits per heavy atom. The molecule has 0 aliphatic carbocycles. The summed E-state index contributed by atoms with van der Waals surface area (Å²) in [5.41, 5.74) is 6.12. The summed E-state index contributed by atoms with van der Waals surface area (Å²) >= 11 is 0. The molecular formula is C20H24N4O. The van der Waals surface area contributed by atoms with Gasteiger partial charge >= 0.3 is 0 Å². The van der Waals surface area contributed by atoms with Crippen LogP contribution in [0.3, 0.4) is 0 Å². The van der Waals surface area contributed by atoms with Crippen LogP contribution in [0.5, 0.6) is 0 Å². The Morgan fingerprint density at radius 2 is 1.76 bits per heavy atom. The standard InChI is InChI=1S/C20H24N4O/c1-16(22-23-20(25)18-7-6-12-21-15-18)17-8-10-19(11-9-17)24-13-4-2-3-5-14-24/h6-12,15H,2-5,13-14H2,1H3,(H,23,25). The first-order chi connectivity index (χ1) is 12.2. The maximum Gasteiger partial charge on any atom is 0.272 e. The molecule has 2 heterocycles. The molecule has 0 unspecified atom stereocenters. The van der Waals surface area contributed by atoms with E-state index in [-0.39, 0.29) is 5.91 Å². The van der Waals surface area contributed by atoms with Crippen molar-refractivity contribution in [1.82, 2.24) is 10.4 Å². The summed E-state index contributed by atoms with van der Waals surface area (Å²) < 4.78 is 0. The monoisotopic (exact) mass is 336 g/mol. The van der Waals surface area contributed by atoms with E-state index in [0.29, 0.717) is 5.56 Å². The van der Waals surface area contributed by atoms with Gasteiger partial charge in [0.05, 0.1) is 11.3 Å². The van der Waals surface area contributed by atoms with Gasteiger partial charge in [0.25, 0.3) is 5.91 Å². The molecule has 2 aromatic rings. The number of benzene rings is 1. The topological polar surface area (TPSA) is 57.6 Å². The molecule has 1 aliphatic heterocycles. The van der Waals surface area contributed by atoms with Crippen molar-refractivity contribution in [2.45, 2.75) is 32.6 Å². The van der Waals surface area contributed by atoms with E-state index in [2.05, 4.69) is 44.7 Å². The number of nitrogens with one attached hydrogen (secondary N) is 1. The molecule has 0 atom stereocenters. The van der Waals surface area contributed by atoms with Crippen LogP contribution in [0.4, 0.5) is 5.69 Å². The second-order valence-electron chi connectivity index (χ2n) is 6.33. The number of hydrazone groups is 1. The molecule has 1 saturated heterocycles. The molecule has 0 radical (unpaired) electrons. The highest BCUT2D eigenvalue weighted by Crippen LogP contribution is 2.20. The summed E-state index contributed by atoms with van der Waals surface area (Å²) in [6, 6.07) is 11.9. The van der Waals surface area contributed by atoms with Crippen molar-refractivity contribution < 1.29 is 4.79 Å². The molecule has 0 spiro atoms. The minimum Gasteiger partial charge on any atom is -0.372 e. The average molecular weight is 336 g/mol. The van der Waals surface area contributed by atoms with Crippen LogP contribution in [0.1, 0.15) is 48.5 Å². The van der Waals surface area contributed by atoms with Gasteiger partial charge in [0, 0.05) is 31.2 Å². The maximum absolute atomic E-state index is 12.0. The van der Waals surface area contributed by atoms with Crippen molar-refractivity contribution in [3.63, 3.8) is 0 Å². The number of hydrogen-bond donors (Lipinski definition) is 1. The van der Waals surface area contributed by atoms with Gasteiger partial charge < -0.3 is 4.90 Å². The Morgan fingerprint density at radius 3 is 2.40 bits per heavy atom. The summed E-state index contributed by atoms with van der Waals surface area (Å²) in [7, 11) is 0. The van der Waals surface area contributed by atoms with Crippen molar-refractivity contribution in [3.05, 3.63) is 59.9 Å². The number of pyridine rings is 1. The molecule has 130 valence electrons. The number of rotatable bonds is 4. The lowest BCUT2D eigenvalue weighted by Crippen LogP contribution is -2.23. The first kappa shape index (κ1) is 17.1. The van der Waals surface area contributed by atoms with Crippen LogP contribution in [0.25, 0.3) is 0 Å². The molecule has 3 rings (SSSR count). The lowest BCUT2D eigenvalue weighted by molar-refractivity contribution is 0.0954. The quantitative estimate of drug-likeness (QED) is 0.685. The second kappa shape index (κ2) is 8.42. The van der Waals surface area contributed by atoms with Crippen LogP contribution in [-0.2, 0) is 0 Å². The van der Waals surface area contributed by atoms with Crippen LogP contribution in [-0.4, -0.2) is 29.7 Å². The normalized spacial score (nSPS) is 15.6. The van der Waals surface area contributed by atoms with Crippen LogP contribution < -0.4 is 10.3 Å². The number of carbonyl (C=O) groups is 1. The summed E-state index contributed by atoms with van der Waals surface area (Å²) in [5.74, 6) is -0.256. The predicted octanol–water partition coefficient (Wildman–Crippen LogP) is 3.62. The van der Waals surface area contributed by atoms with Gasteiger partial charge in [0.1, 0.15) is 0 Å². The van der Waals surface area contributed by atoms with E-state index in [1.54, 1.807) is 18.3 Å². The smallest absolute Gasteiger partial charge is 0.272 e. The minimum atomic E-state index is -0.256. The van der Waals surface area contributed by atoms with Crippen molar-refractivity contribution in [2.24, 2.45) is 5.10 Å². The molecule has 1 aromatic carbocycles. The Labute approximate surface area is 148 Å². The Balaban J connectivity index is 1.63. The lowest BCUT2D eigenvalue weighted by atomic mass is 10.1. The van der Waals surface area contributed by atoms with E-state index in [1.165, 1.54) is 37.6 Å². The van der Waals surface area contributed by atoms with Crippen LogP contribution in [0.15, 0.2) is 53.9 Å². The number of anilines is 1. The van der Waals surface area contributed by atoms with Crippen molar-refractivity contribution in [2.75, 3.05) is 18.0 Å². The lowest BCUT2D eigenvalue weighted by Gasteiger charge is -2.22. The van der Waals surface area contributed by atoms with Gasteiger partial charge in [-0.15, -0.1) is 0 Å². The Hall–Kier alpha value is -2.69. The SMILES string of the molecule is CC(=NNC(=O)c1cccnc1)c1ccc(N2CCCCCC2)cc1. The predicted molar refractivity (Wildman–Crippen MR) is 101 cm³/mol. The van der Waals surface area contributed by atoms with Gasteiger partial charge in [-0.1, -0.05) is 25.0 Å². The Bertz CT molecular complexity index is 717. The van der Waals surface area contributed by atoms with Gasteiger partial charge in [-0.05, 0) is 49.6 Å². The van der Waals surface area contributed by atoms with Crippen LogP contribution in [0.2, 0.25) is 0 Å². The van der Waals surface area contributed by atoms with Crippen molar-refractivity contribution in [3.8, 4) is 0 Å². The highest BCUT2D eigenvalue weighted by Gasteiger charge is 2.10. The number of aromatic nitrogens is 1. The van der Waals surface area contributed by atoms with E-state index in [4.69, 9.17) is 0 Å². The van der Waals surface area contributed by atoms with Crippen LogP contribution >= 0.6 is 0 Å².